The number of aromatic amines is 1. The van der Waals surface area contributed by atoms with Crippen LogP contribution >= 0.6 is 34.8 Å². The van der Waals surface area contributed by atoms with E-state index in [0.717, 1.165) is 0 Å². The van der Waals surface area contributed by atoms with Crippen molar-refractivity contribution in [2.75, 3.05) is 5.32 Å². The zero-order valence-electron chi connectivity index (χ0n) is 11.3. The summed E-state index contributed by atoms with van der Waals surface area (Å²) in [5.41, 5.74) is 0.461. The molecule has 1 amide bonds. The van der Waals surface area contributed by atoms with E-state index < -0.39 is 18.0 Å². The molecule has 5 nitrogen and oxygen atoms in total. The van der Waals surface area contributed by atoms with Crippen LogP contribution in [0.25, 0.3) is 0 Å². The lowest BCUT2D eigenvalue weighted by molar-refractivity contribution is -0.123. The Morgan fingerprint density at radius 3 is 2.41 bits per heavy atom. The minimum absolute atomic E-state index is 0.189. The number of hydrogen-bond acceptors (Lipinski definition) is 3. The van der Waals surface area contributed by atoms with E-state index in [0.29, 0.717) is 5.02 Å². The van der Waals surface area contributed by atoms with Gasteiger partial charge in [0.15, 0.2) is 6.10 Å². The molecule has 116 valence electrons. The number of halogens is 3. The Balaban J connectivity index is 2.04. The van der Waals surface area contributed by atoms with Crippen LogP contribution in [0.5, 0.6) is 0 Å². The quantitative estimate of drug-likeness (QED) is 0.803. The molecule has 0 aliphatic carbocycles. The van der Waals surface area contributed by atoms with Gasteiger partial charge in [0, 0.05) is 11.2 Å². The third-order valence-corrected chi connectivity index (χ3v) is 3.54. The van der Waals surface area contributed by atoms with Crippen molar-refractivity contribution in [1.29, 1.82) is 0 Å². The smallest absolute Gasteiger partial charge is 0.355 e. The van der Waals surface area contributed by atoms with Crippen molar-refractivity contribution in [3.8, 4) is 0 Å². The van der Waals surface area contributed by atoms with Gasteiger partial charge >= 0.3 is 5.97 Å². The minimum atomic E-state index is -1.03. The van der Waals surface area contributed by atoms with Crippen LogP contribution in [-0.2, 0) is 9.53 Å². The van der Waals surface area contributed by atoms with Crippen molar-refractivity contribution in [2.24, 2.45) is 0 Å². The van der Waals surface area contributed by atoms with Crippen LogP contribution in [-0.4, -0.2) is 23.0 Å². The van der Waals surface area contributed by atoms with E-state index in [2.05, 4.69) is 10.3 Å². The highest BCUT2D eigenvalue weighted by Gasteiger charge is 2.21. The van der Waals surface area contributed by atoms with Gasteiger partial charge in [0.25, 0.3) is 5.91 Å². The fraction of sp³-hybridized carbons (Fsp3) is 0.143. The minimum Gasteiger partial charge on any atom is -0.448 e. The summed E-state index contributed by atoms with van der Waals surface area (Å²) in [5.74, 6) is -1.20. The van der Waals surface area contributed by atoms with Gasteiger partial charge in [-0.2, -0.15) is 0 Å². The van der Waals surface area contributed by atoms with Gasteiger partial charge < -0.3 is 15.0 Å². The lowest BCUT2D eigenvalue weighted by atomic mass is 10.3. The van der Waals surface area contributed by atoms with E-state index in [1.807, 2.05) is 0 Å². The zero-order valence-corrected chi connectivity index (χ0v) is 13.6. The highest BCUT2D eigenvalue weighted by atomic mass is 35.5. The van der Waals surface area contributed by atoms with E-state index in [-0.39, 0.29) is 21.4 Å². The summed E-state index contributed by atoms with van der Waals surface area (Å²) >= 11 is 17.7. The van der Waals surface area contributed by atoms with Crippen LogP contribution in [0.15, 0.2) is 30.5 Å². The van der Waals surface area contributed by atoms with E-state index in [1.54, 1.807) is 18.3 Å². The standard InChI is InChI=1S/C14H11Cl3N2O3/c1-7(22-14(21)11-3-2-4-18-11)13(20)19-12-9(16)5-8(15)6-10(12)17/h2-7,18H,1H3,(H,19,20)/t7-/m1/s1. The lowest BCUT2D eigenvalue weighted by Crippen LogP contribution is -2.30. The molecule has 0 aliphatic rings. The Labute approximate surface area is 141 Å². The van der Waals surface area contributed by atoms with Crippen molar-refractivity contribution in [1.82, 2.24) is 4.98 Å². The normalized spacial score (nSPS) is 11.8. The molecule has 0 radical (unpaired) electrons. The molecule has 0 bridgehead atoms. The predicted octanol–water partition coefficient (Wildman–Crippen LogP) is 4.16. The summed E-state index contributed by atoms with van der Waals surface area (Å²) in [6.07, 6.45) is 0.549. The number of esters is 1. The zero-order chi connectivity index (χ0) is 16.3. The molecular weight excluding hydrogens is 351 g/mol. The van der Waals surface area contributed by atoms with Gasteiger partial charge in [-0.15, -0.1) is 0 Å². The molecule has 1 atom stereocenters. The number of hydrogen-bond donors (Lipinski definition) is 2. The number of ether oxygens (including phenoxy) is 1. The van der Waals surface area contributed by atoms with E-state index in [1.165, 1.54) is 19.1 Å². The Morgan fingerprint density at radius 2 is 1.86 bits per heavy atom. The molecule has 22 heavy (non-hydrogen) atoms. The van der Waals surface area contributed by atoms with E-state index in [9.17, 15) is 9.59 Å². The molecule has 0 aliphatic heterocycles. The molecule has 0 fully saturated rings. The molecule has 2 aromatic rings. The summed E-state index contributed by atoms with van der Waals surface area (Å²) < 4.78 is 5.04. The second-order valence-electron chi connectivity index (χ2n) is 4.37. The van der Waals surface area contributed by atoms with Crippen molar-refractivity contribution in [2.45, 2.75) is 13.0 Å². The van der Waals surface area contributed by atoms with Crippen molar-refractivity contribution in [3.63, 3.8) is 0 Å². The summed E-state index contributed by atoms with van der Waals surface area (Å²) in [4.78, 5) is 26.5. The molecule has 1 aromatic heterocycles. The van der Waals surface area contributed by atoms with Crippen molar-refractivity contribution < 1.29 is 14.3 Å². The Bertz CT molecular complexity index is 678. The number of amides is 1. The van der Waals surface area contributed by atoms with Crippen LogP contribution < -0.4 is 5.32 Å². The lowest BCUT2D eigenvalue weighted by Gasteiger charge is -2.15. The van der Waals surface area contributed by atoms with Crippen LogP contribution in [0.1, 0.15) is 17.4 Å². The number of aromatic nitrogens is 1. The molecule has 1 heterocycles. The predicted molar refractivity (Wildman–Crippen MR) is 85.8 cm³/mol. The number of carbonyl (C=O) groups is 2. The van der Waals surface area contributed by atoms with Gasteiger partial charge in [0.05, 0.1) is 15.7 Å². The third-order valence-electron chi connectivity index (χ3n) is 2.73. The Hall–Kier alpha value is -1.69. The first-order valence-corrected chi connectivity index (χ1v) is 7.31. The molecule has 2 N–H and O–H groups in total. The highest BCUT2D eigenvalue weighted by molar-refractivity contribution is 6.42. The first kappa shape index (κ1) is 16.7. The van der Waals surface area contributed by atoms with Gasteiger partial charge in [-0.25, -0.2) is 4.79 Å². The molecule has 0 saturated heterocycles. The van der Waals surface area contributed by atoms with Crippen molar-refractivity contribution in [3.05, 3.63) is 51.2 Å². The summed E-state index contributed by atoms with van der Waals surface area (Å²) in [6.45, 7) is 1.44. The van der Waals surface area contributed by atoms with E-state index in [4.69, 9.17) is 39.5 Å². The van der Waals surface area contributed by atoms with Gasteiger partial charge in [-0.1, -0.05) is 34.8 Å². The molecule has 0 unspecified atom stereocenters. The topological polar surface area (TPSA) is 71.2 Å². The second kappa shape index (κ2) is 7.05. The Morgan fingerprint density at radius 1 is 1.23 bits per heavy atom. The third kappa shape index (κ3) is 3.94. The molecule has 8 heteroatoms. The van der Waals surface area contributed by atoms with Crippen molar-refractivity contribution >= 4 is 52.4 Å². The molecular formula is C14H11Cl3N2O3. The number of nitrogens with one attached hydrogen (secondary N) is 2. The fourth-order valence-corrected chi connectivity index (χ4v) is 2.53. The number of carbonyl (C=O) groups excluding carboxylic acids is 2. The number of rotatable bonds is 4. The average molecular weight is 362 g/mol. The maximum Gasteiger partial charge on any atom is 0.355 e. The Kier molecular flexibility index (Phi) is 5.34. The van der Waals surface area contributed by atoms with Crippen LogP contribution in [0.4, 0.5) is 5.69 Å². The number of benzene rings is 1. The first-order valence-electron chi connectivity index (χ1n) is 6.18. The van der Waals surface area contributed by atoms with Crippen LogP contribution in [0.3, 0.4) is 0 Å². The SMILES string of the molecule is C[C@@H](OC(=O)c1ccc[nH]1)C(=O)Nc1c(Cl)cc(Cl)cc1Cl. The van der Waals surface area contributed by atoms with Gasteiger partial charge in [-0.05, 0) is 31.2 Å². The maximum absolute atomic E-state index is 12.1. The molecule has 1 aromatic carbocycles. The number of H-pyrrole nitrogens is 1. The summed E-state index contributed by atoms with van der Waals surface area (Å²) in [6, 6.07) is 6.08. The number of anilines is 1. The van der Waals surface area contributed by atoms with Gasteiger partial charge in [0.2, 0.25) is 0 Å². The maximum atomic E-state index is 12.1. The molecule has 0 saturated carbocycles. The molecule has 0 spiro atoms. The average Bonchev–Trinajstić information content (AvgIpc) is 2.96. The summed E-state index contributed by atoms with van der Waals surface area (Å²) in [5, 5.41) is 3.23. The summed E-state index contributed by atoms with van der Waals surface area (Å²) in [7, 11) is 0. The van der Waals surface area contributed by atoms with Crippen LogP contribution in [0, 0.1) is 0 Å². The highest BCUT2D eigenvalue weighted by Crippen LogP contribution is 2.33. The van der Waals surface area contributed by atoms with Gasteiger partial charge in [-0.3, -0.25) is 4.79 Å². The van der Waals surface area contributed by atoms with Crippen LogP contribution in [0.2, 0.25) is 15.1 Å². The first-order chi connectivity index (χ1) is 10.4. The molecule has 2 rings (SSSR count). The van der Waals surface area contributed by atoms with E-state index >= 15 is 0 Å². The van der Waals surface area contributed by atoms with Gasteiger partial charge in [0.1, 0.15) is 5.69 Å². The largest absolute Gasteiger partial charge is 0.448 e. The fourth-order valence-electron chi connectivity index (χ4n) is 1.62. The monoisotopic (exact) mass is 360 g/mol. The second-order valence-corrected chi connectivity index (χ2v) is 5.62.